The highest BCUT2D eigenvalue weighted by molar-refractivity contribution is 5.52. The summed E-state index contributed by atoms with van der Waals surface area (Å²) in [5, 5.41) is 19.3. The number of rotatable bonds is 5. The first-order valence-corrected chi connectivity index (χ1v) is 6.21. The van der Waals surface area contributed by atoms with Crippen LogP contribution in [0.15, 0.2) is 42.5 Å². The number of nitrogen functional groups attached to an aromatic ring is 1. The lowest BCUT2D eigenvalue weighted by atomic mass is 10.1. The van der Waals surface area contributed by atoms with Gasteiger partial charge in [-0.1, -0.05) is 12.1 Å². The molecule has 0 aromatic heterocycles. The molecule has 0 aliphatic carbocycles. The third-order valence-electron chi connectivity index (χ3n) is 2.94. The van der Waals surface area contributed by atoms with E-state index in [9.17, 15) is 10.1 Å². The van der Waals surface area contributed by atoms with Gasteiger partial charge in [-0.3, -0.25) is 10.1 Å². The van der Waals surface area contributed by atoms with Gasteiger partial charge in [-0.15, -0.1) is 0 Å². The lowest BCUT2D eigenvalue weighted by Gasteiger charge is -2.08. The Hall–Kier alpha value is -3.07. The summed E-state index contributed by atoms with van der Waals surface area (Å²) in [6, 6.07) is 13.4. The van der Waals surface area contributed by atoms with Crippen LogP contribution in [-0.4, -0.2) is 4.92 Å². The van der Waals surface area contributed by atoms with E-state index in [0.717, 1.165) is 5.56 Å². The molecule has 0 saturated carbocycles. The lowest BCUT2D eigenvalue weighted by Crippen LogP contribution is -2.01. The summed E-state index contributed by atoms with van der Waals surface area (Å²) in [6.45, 7) is 0.144. The number of hydrogen-bond acceptors (Lipinski definition) is 5. The van der Waals surface area contributed by atoms with Gasteiger partial charge in [-0.25, -0.2) is 0 Å². The number of nitrogens with zero attached hydrogens (tertiary/aromatic N) is 2. The quantitative estimate of drug-likeness (QED) is 0.516. The number of anilines is 1. The van der Waals surface area contributed by atoms with Crippen LogP contribution in [0.2, 0.25) is 0 Å². The summed E-state index contributed by atoms with van der Waals surface area (Å²) >= 11 is 0. The molecule has 0 bridgehead atoms. The number of non-ortho nitro benzene ring substituents is 1. The summed E-state index contributed by atoms with van der Waals surface area (Å²) in [7, 11) is 0. The van der Waals surface area contributed by atoms with Crippen LogP contribution < -0.4 is 10.5 Å². The van der Waals surface area contributed by atoms with E-state index < -0.39 is 4.92 Å². The molecule has 0 saturated heterocycles. The molecule has 2 N–H and O–H groups in total. The number of nitro groups is 1. The molecule has 2 aromatic rings. The van der Waals surface area contributed by atoms with E-state index in [-0.39, 0.29) is 12.3 Å². The molecule has 6 nitrogen and oxygen atoms in total. The van der Waals surface area contributed by atoms with E-state index in [2.05, 4.69) is 6.07 Å². The number of nitro benzene ring substituents is 1. The van der Waals surface area contributed by atoms with E-state index in [1.807, 2.05) is 0 Å². The summed E-state index contributed by atoms with van der Waals surface area (Å²) < 4.78 is 5.56. The van der Waals surface area contributed by atoms with Gasteiger partial charge >= 0.3 is 0 Å². The van der Waals surface area contributed by atoms with Gasteiger partial charge in [-0.2, -0.15) is 5.26 Å². The zero-order valence-corrected chi connectivity index (χ0v) is 11.2. The number of hydrogen-bond donors (Lipinski definition) is 1. The van der Waals surface area contributed by atoms with Crippen LogP contribution in [0.25, 0.3) is 0 Å². The molecule has 0 amide bonds. The maximum atomic E-state index is 10.7. The van der Waals surface area contributed by atoms with Crippen LogP contribution in [0.1, 0.15) is 11.1 Å². The van der Waals surface area contributed by atoms with Crippen molar-refractivity contribution < 1.29 is 9.66 Å². The Morgan fingerprint density at radius 3 is 2.57 bits per heavy atom. The number of nitriles is 1. The second-order valence-corrected chi connectivity index (χ2v) is 4.41. The number of nitrogens with two attached hydrogens (primary N) is 1. The van der Waals surface area contributed by atoms with Gasteiger partial charge < -0.3 is 10.5 Å². The minimum absolute atomic E-state index is 0.0211. The molecule has 0 heterocycles. The summed E-state index contributed by atoms with van der Waals surface area (Å²) in [6.07, 6.45) is 0.345. The standard InChI is InChI=1S/C15H13N3O3/c16-8-7-11-1-4-14(5-2-11)21-10-12-9-13(18(19)20)3-6-15(12)17/h1-6,9H,7,10,17H2. The van der Waals surface area contributed by atoms with Crippen LogP contribution in [0.3, 0.4) is 0 Å². The van der Waals surface area contributed by atoms with E-state index in [0.29, 0.717) is 23.4 Å². The van der Waals surface area contributed by atoms with Crippen molar-refractivity contribution in [3.63, 3.8) is 0 Å². The van der Waals surface area contributed by atoms with Gasteiger partial charge in [-0.05, 0) is 23.8 Å². The largest absolute Gasteiger partial charge is 0.489 e. The van der Waals surface area contributed by atoms with Crippen LogP contribution in [0.5, 0.6) is 5.75 Å². The molecule has 21 heavy (non-hydrogen) atoms. The highest BCUT2D eigenvalue weighted by Gasteiger charge is 2.09. The molecule has 0 spiro atoms. The fraction of sp³-hybridized carbons (Fsp3) is 0.133. The van der Waals surface area contributed by atoms with Crippen molar-refractivity contribution >= 4 is 11.4 Å². The minimum Gasteiger partial charge on any atom is -0.489 e. The Balaban J connectivity index is 2.07. The SMILES string of the molecule is N#CCc1ccc(OCc2cc([N+](=O)[O-])ccc2N)cc1. The van der Waals surface area contributed by atoms with E-state index in [1.54, 1.807) is 24.3 Å². The first-order valence-electron chi connectivity index (χ1n) is 6.21. The van der Waals surface area contributed by atoms with Crippen molar-refractivity contribution in [1.82, 2.24) is 0 Å². The van der Waals surface area contributed by atoms with Gasteiger partial charge in [0.15, 0.2) is 0 Å². The second-order valence-electron chi connectivity index (χ2n) is 4.41. The fourth-order valence-electron chi connectivity index (χ4n) is 1.79. The monoisotopic (exact) mass is 283 g/mol. The Labute approximate surface area is 121 Å². The smallest absolute Gasteiger partial charge is 0.269 e. The van der Waals surface area contributed by atoms with Crippen LogP contribution >= 0.6 is 0 Å². The molecule has 0 radical (unpaired) electrons. The van der Waals surface area contributed by atoms with Gasteiger partial charge in [0, 0.05) is 23.4 Å². The fourth-order valence-corrected chi connectivity index (χ4v) is 1.79. The maximum Gasteiger partial charge on any atom is 0.269 e. The van der Waals surface area contributed by atoms with Gasteiger partial charge in [0.2, 0.25) is 0 Å². The highest BCUT2D eigenvalue weighted by atomic mass is 16.6. The summed E-state index contributed by atoms with van der Waals surface area (Å²) in [5.41, 5.74) is 7.67. The first-order chi connectivity index (χ1) is 10.1. The minimum atomic E-state index is -0.473. The van der Waals surface area contributed by atoms with Gasteiger partial charge in [0.25, 0.3) is 5.69 Å². The molecule has 2 rings (SSSR count). The molecule has 0 fully saturated rings. The molecule has 0 aliphatic heterocycles. The van der Waals surface area contributed by atoms with Crippen molar-refractivity contribution in [3.8, 4) is 11.8 Å². The average Bonchev–Trinajstić information content (AvgIpc) is 2.48. The molecule has 0 unspecified atom stereocenters. The Morgan fingerprint density at radius 1 is 1.24 bits per heavy atom. The lowest BCUT2D eigenvalue weighted by molar-refractivity contribution is -0.384. The highest BCUT2D eigenvalue weighted by Crippen LogP contribution is 2.22. The van der Waals surface area contributed by atoms with Crippen LogP contribution in [-0.2, 0) is 13.0 Å². The first kappa shape index (κ1) is 14.3. The topological polar surface area (TPSA) is 102 Å². The van der Waals surface area contributed by atoms with E-state index in [4.69, 9.17) is 15.7 Å². The third-order valence-corrected chi connectivity index (χ3v) is 2.94. The summed E-state index contributed by atoms with van der Waals surface area (Å²) in [5.74, 6) is 0.614. The summed E-state index contributed by atoms with van der Waals surface area (Å²) in [4.78, 5) is 10.3. The Kier molecular flexibility index (Phi) is 4.36. The molecule has 0 aliphatic rings. The van der Waals surface area contributed by atoms with Crippen molar-refractivity contribution in [3.05, 3.63) is 63.7 Å². The van der Waals surface area contributed by atoms with Crippen molar-refractivity contribution in [1.29, 1.82) is 5.26 Å². The molecular formula is C15H13N3O3. The predicted octanol–water partition coefficient (Wildman–Crippen LogP) is 2.82. The molecule has 2 aromatic carbocycles. The van der Waals surface area contributed by atoms with Gasteiger partial charge in [0.05, 0.1) is 17.4 Å². The normalized spacial score (nSPS) is 9.86. The number of benzene rings is 2. The van der Waals surface area contributed by atoms with Crippen LogP contribution in [0.4, 0.5) is 11.4 Å². The zero-order valence-electron chi connectivity index (χ0n) is 11.2. The van der Waals surface area contributed by atoms with E-state index >= 15 is 0 Å². The van der Waals surface area contributed by atoms with Crippen LogP contribution in [0, 0.1) is 21.4 Å². The van der Waals surface area contributed by atoms with Crippen molar-refractivity contribution in [2.75, 3.05) is 5.73 Å². The number of ether oxygens (including phenoxy) is 1. The maximum absolute atomic E-state index is 10.7. The second kappa shape index (κ2) is 6.39. The van der Waals surface area contributed by atoms with Crippen molar-refractivity contribution in [2.45, 2.75) is 13.0 Å². The molecule has 0 atom stereocenters. The molecular weight excluding hydrogens is 270 g/mol. The molecule has 6 heteroatoms. The third kappa shape index (κ3) is 3.70. The Morgan fingerprint density at radius 2 is 1.95 bits per heavy atom. The Bertz CT molecular complexity index is 690. The predicted molar refractivity (Wildman–Crippen MR) is 77.6 cm³/mol. The average molecular weight is 283 g/mol. The van der Waals surface area contributed by atoms with E-state index in [1.165, 1.54) is 18.2 Å². The van der Waals surface area contributed by atoms with Crippen molar-refractivity contribution in [2.24, 2.45) is 0 Å². The zero-order chi connectivity index (χ0) is 15.2. The van der Waals surface area contributed by atoms with Gasteiger partial charge in [0.1, 0.15) is 12.4 Å². The molecule has 106 valence electrons.